The summed E-state index contributed by atoms with van der Waals surface area (Å²) in [6.45, 7) is 20.9. The predicted octanol–water partition coefficient (Wildman–Crippen LogP) is 3.05. The van der Waals surface area contributed by atoms with Gasteiger partial charge < -0.3 is 0 Å². The van der Waals surface area contributed by atoms with Crippen molar-refractivity contribution in [2.45, 2.75) is 84.2 Å². The van der Waals surface area contributed by atoms with Gasteiger partial charge in [0, 0.05) is 38.8 Å². The lowest BCUT2D eigenvalue weighted by Gasteiger charge is -2.57. The van der Waals surface area contributed by atoms with Crippen LogP contribution >= 0.6 is 0 Å². The number of quaternary nitrogens is 2. The first-order valence-corrected chi connectivity index (χ1v) is 11.3. The Morgan fingerprint density at radius 3 is 2.08 bits per heavy atom. The molecule has 144 valence electrons. The summed E-state index contributed by atoms with van der Waals surface area (Å²) in [5, 5.41) is 0. The molecule has 3 unspecified atom stereocenters. The highest BCUT2D eigenvalue weighted by Crippen LogP contribution is 2.55. The van der Waals surface area contributed by atoms with Gasteiger partial charge >= 0.3 is 5.91 Å². The molecule has 0 radical (unpaired) electrons. The molecule has 25 heavy (non-hydrogen) atoms. The lowest BCUT2D eigenvalue weighted by Crippen LogP contribution is -2.83. The quantitative estimate of drug-likeness (QED) is 0.719. The highest BCUT2D eigenvalue weighted by molar-refractivity contribution is 4.95. The lowest BCUT2D eigenvalue weighted by atomic mass is 10.2. The molecule has 4 aliphatic heterocycles. The minimum atomic E-state index is 0.262. The largest absolute Gasteiger partial charge is 0.357 e. The molecular weight excluding hydrogens is 308 g/mol. The van der Waals surface area contributed by atoms with Crippen molar-refractivity contribution in [2.24, 2.45) is 0 Å². The zero-order valence-corrected chi connectivity index (χ0v) is 17.3. The molecule has 0 amide bonds. The average Bonchev–Trinajstić information content (AvgIpc) is 3.32. The van der Waals surface area contributed by atoms with E-state index in [1.165, 1.54) is 99.8 Å². The Hall–Kier alpha value is -0.160. The second-order valence-electron chi connectivity index (χ2n) is 9.61. The molecular formula is C21H42N4+2. The summed E-state index contributed by atoms with van der Waals surface area (Å²) in [5.41, 5.74) is 0. The van der Waals surface area contributed by atoms with Crippen LogP contribution in [0.25, 0.3) is 0 Å². The van der Waals surface area contributed by atoms with E-state index in [1.54, 1.807) is 0 Å². The van der Waals surface area contributed by atoms with Crippen molar-refractivity contribution in [3.8, 4) is 0 Å². The highest BCUT2D eigenvalue weighted by atomic mass is 15.9. The van der Waals surface area contributed by atoms with Gasteiger partial charge in [0.15, 0.2) is 0 Å². The predicted molar refractivity (Wildman–Crippen MR) is 104 cm³/mol. The Morgan fingerprint density at radius 2 is 1.48 bits per heavy atom. The summed E-state index contributed by atoms with van der Waals surface area (Å²) in [6, 6.07) is 1.53. The molecule has 4 aliphatic rings. The number of fused-ring (bicyclic) bond motifs is 2. The molecule has 0 saturated carbocycles. The third kappa shape index (κ3) is 2.14. The van der Waals surface area contributed by atoms with Crippen molar-refractivity contribution in [1.82, 2.24) is 9.80 Å². The van der Waals surface area contributed by atoms with E-state index < -0.39 is 0 Å². The van der Waals surface area contributed by atoms with Crippen LogP contribution in [0.5, 0.6) is 0 Å². The normalized spacial score (nSPS) is 40.3. The second-order valence-corrected chi connectivity index (χ2v) is 9.61. The van der Waals surface area contributed by atoms with Gasteiger partial charge in [-0.1, -0.05) is 13.8 Å². The molecule has 0 N–H and O–H groups in total. The Balaban J connectivity index is 1.91. The summed E-state index contributed by atoms with van der Waals surface area (Å²) >= 11 is 0. The summed E-state index contributed by atoms with van der Waals surface area (Å²) in [6.07, 6.45) is 8.37. The van der Waals surface area contributed by atoms with Crippen molar-refractivity contribution in [1.29, 1.82) is 0 Å². The van der Waals surface area contributed by atoms with Gasteiger partial charge in [-0.2, -0.15) is 9.80 Å². The van der Waals surface area contributed by atoms with Gasteiger partial charge in [0.25, 0.3) is 0 Å². The molecule has 0 aromatic rings. The lowest BCUT2D eigenvalue weighted by molar-refractivity contribution is -1.17. The van der Waals surface area contributed by atoms with Crippen LogP contribution in [0.3, 0.4) is 0 Å². The maximum Gasteiger partial charge on any atom is 0.357 e. The maximum atomic E-state index is 3.03. The highest BCUT2D eigenvalue weighted by Gasteiger charge is 2.81. The van der Waals surface area contributed by atoms with Gasteiger partial charge in [-0.3, -0.25) is 0 Å². The van der Waals surface area contributed by atoms with Crippen LogP contribution in [-0.2, 0) is 0 Å². The Morgan fingerprint density at radius 1 is 0.880 bits per heavy atom. The molecule has 4 heteroatoms. The van der Waals surface area contributed by atoms with Gasteiger partial charge in [0.05, 0.1) is 38.8 Å². The van der Waals surface area contributed by atoms with Gasteiger partial charge in [-0.05, 0) is 26.7 Å². The van der Waals surface area contributed by atoms with Crippen LogP contribution in [0.1, 0.15) is 66.2 Å². The first-order valence-electron chi connectivity index (χ1n) is 11.3. The molecule has 4 nitrogen and oxygen atoms in total. The van der Waals surface area contributed by atoms with E-state index in [9.17, 15) is 0 Å². The summed E-state index contributed by atoms with van der Waals surface area (Å²) in [7, 11) is 0. The standard InChI is InChI=1S/C21H42N4/c1-5-11-22-17-20(4)25(15-9-10-16-25)21(22)23(12-6-2)19(3)18-24(21)13-7-8-14-24/h19-20H,5-18H2,1-4H3/q+2. The summed E-state index contributed by atoms with van der Waals surface area (Å²) < 4.78 is 2.80. The van der Waals surface area contributed by atoms with Gasteiger partial charge in [0.1, 0.15) is 12.6 Å². The van der Waals surface area contributed by atoms with Crippen molar-refractivity contribution in [3.63, 3.8) is 0 Å². The molecule has 0 bridgehead atoms. The fourth-order valence-electron chi connectivity index (χ4n) is 7.82. The number of hydrogen-bond donors (Lipinski definition) is 0. The minimum absolute atomic E-state index is 0.262. The molecule has 4 heterocycles. The Labute approximate surface area is 155 Å². The van der Waals surface area contributed by atoms with Crippen molar-refractivity contribution in [3.05, 3.63) is 0 Å². The molecule has 3 atom stereocenters. The third-order valence-corrected chi connectivity index (χ3v) is 8.26. The van der Waals surface area contributed by atoms with E-state index in [0.717, 1.165) is 12.1 Å². The van der Waals surface area contributed by atoms with E-state index >= 15 is 0 Å². The average molecular weight is 351 g/mol. The second kappa shape index (κ2) is 6.47. The molecule has 4 fully saturated rings. The molecule has 0 aliphatic carbocycles. The molecule has 0 aromatic heterocycles. The smallest absolute Gasteiger partial charge is 0.241 e. The topological polar surface area (TPSA) is 6.48 Å². The fourth-order valence-corrected chi connectivity index (χ4v) is 7.82. The SMILES string of the molecule is CCCN1CC(C)[N+]2(CCCC2)C12N(CCC)C(C)C[N+]21CCCC1. The summed E-state index contributed by atoms with van der Waals surface area (Å²) in [5.74, 6) is 0.262. The zero-order chi connectivity index (χ0) is 17.7. The first-order chi connectivity index (χ1) is 12.1. The zero-order valence-electron chi connectivity index (χ0n) is 17.3. The minimum Gasteiger partial charge on any atom is -0.241 e. The van der Waals surface area contributed by atoms with E-state index in [-0.39, 0.29) is 5.91 Å². The van der Waals surface area contributed by atoms with Crippen LogP contribution in [-0.4, -0.2) is 89.1 Å². The van der Waals surface area contributed by atoms with Crippen molar-refractivity contribution >= 4 is 0 Å². The molecule has 0 aromatic carbocycles. The van der Waals surface area contributed by atoms with Gasteiger partial charge in [-0.25, -0.2) is 8.97 Å². The first kappa shape index (κ1) is 18.2. The Kier molecular flexibility index (Phi) is 4.71. The number of rotatable bonds is 4. The fraction of sp³-hybridized carbons (Fsp3) is 1.00. The number of hydrogen-bond acceptors (Lipinski definition) is 2. The van der Waals surface area contributed by atoms with E-state index in [0.29, 0.717) is 0 Å². The van der Waals surface area contributed by atoms with E-state index in [1.807, 2.05) is 0 Å². The van der Waals surface area contributed by atoms with Gasteiger partial charge in [-0.15, -0.1) is 0 Å². The van der Waals surface area contributed by atoms with Crippen LogP contribution in [0.2, 0.25) is 0 Å². The van der Waals surface area contributed by atoms with Crippen LogP contribution in [0, 0.1) is 0 Å². The monoisotopic (exact) mass is 350 g/mol. The molecule has 4 saturated heterocycles. The van der Waals surface area contributed by atoms with Crippen molar-refractivity contribution in [2.75, 3.05) is 52.4 Å². The van der Waals surface area contributed by atoms with Crippen LogP contribution in [0.4, 0.5) is 0 Å². The van der Waals surface area contributed by atoms with Crippen LogP contribution < -0.4 is 0 Å². The van der Waals surface area contributed by atoms with E-state index in [4.69, 9.17) is 0 Å². The molecule has 4 rings (SSSR count). The van der Waals surface area contributed by atoms with Crippen molar-refractivity contribution < 1.29 is 8.97 Å². The summed E-state index contributed by atoms with van der Waals surface area (Å²) in [4.78, 5) is 6.04. The number of nitrogens with zero attached hydrogens (tertiary/aromatic N) is 4. The Bertz CT molecular complexity index is 480. The van der Waals surface area contributed by atoms with Gasteiger partial charge in [0.2, 0.25) is 0 Å². The maximum absolute atomic E-state index is 3.03. The van der Waals surface area contributed by atoms with E-state index in [2.05, 4.69) is 37.5 Å². The van der Waals surface area contributed by atoms with Crippen LogP contribution in [0.15, 0.2) is 0 Å². The third-order valence-electron chi connectivity index (χ3n) is 8.26. The molecule has 3 spiro atoms.